The van der Waals surface area contributed by atoms with Crippen molar-refractivity contribution in [2.24, 2.45) is 0 Å². The Morgan fingerprint density at radius 2 is 1.48 bits per heavy atom. The van der Waals surface area contributed by atoms with Gasteiger partial charge >= 0.3 is 0 Å². The average molecular weight is 420 g/mol. The van der Waals surface area contributed by atoms with Crippen LogP contribution in [0, 0.1) is 0 Å². The number of benzene rings is 2. The monoisotopic (exact) mass is 420 g/mol. The molecule has 0 saturated carbocycles. The number of carbonyl (C=O) groups excluding carboxylic acids is 2. The summed E-state index contributed by atoms with van der Waals surface area (Å²) in [5.41, 5.74) is 1.48. The molecule has 2 aromatic carbocycles. The number of hydrogen-bond donors (Lipinski definition) is 4. The largest absolute Gasteiger partial charge is 0.508 e. The molecule has 0 saturated heterocycles. The van der Waals surface area contributed by atoms with Gasteiger partial charge in [-0.05, 0) is 55.8 Å². The number of amides is 2. The van der Waals surface area contributed by atoms with E-state index in [1.165, 1.54) is 18.2 Å². The zero-order valence-corrected chi connectivity index (χ0v) is 17.1. The summed E-state index contributed by atoms with van der Waals surface area (Å²) in [4.78, 5) is 24.4. The predicted molar refractivity (Wildman–Crippen MR) is 111 cm³/mol. The molecular weight excluding hydrogens is 396 g/mol. The lowest BCUT2D eigenvalue weighted by molar-refractivity contribution is -0.116. The molecule has 0 bridgehead atoms. The summed E-state index contributed by atoms with van der Waals surface area (Å²) in [7, 11) is -3.67. The normalized spacial score (nSPS) is 11.3. The van der Waals surface area contributed by atoms with Gasteiger partial charge in [-0.25, -0.2) is 0 Å². The second-order valence-corrected chi connectivity index (χ2v) is 7.79. The third-order valence-electron chi connectivity index (χ3n) is 3.17. The average Bonchev–Trinajstić information content (AvgIpc) is 2.60. The maximum atomic E-state index is 12.4. The number of nitrogens with one attached hydrogen (secondary N) is 2. The first-order valence-corrected chi connectivity index (χ1v) is 10.4. The van der Waals surface area contributed by atoms with Crippen LogP contribution in [-0.4, -0.2) is 42.2 Å². The summed E-state index contributed by atoms with van der Waals surface area (Å²) in [6, 6.07) is 15.0. The van der Waals surface area contributed by atoms with E-state index in [0.29, 0.717) is 23.1 Å². The Kier molecular flexibility index (Phi) is 9.04. The number of phenolic OH excluding ortho intramolecular Hbond substituents is 1. The van der Waals surface area contributed by atoms with Gasteiger partial charge in [-0.1, -0.05) is 18.2 Å². The first-order chi connectivity index (χ1) is 13.5. The highest BCUT2D eigenvalue weighted by Crippen LogP contribution is 2.16. The van der Waals surface area contributed by atoms with Gasteiger partial charge in [-0.3, -0.25) is 14.1 Å². The van der Waals surface area contributed by atoms with Gasteiger partial charge in [0, 0.05) is 17.7 Å². The van der Waals surface area contributed by atoms with Crippen LogP contribution in [0.25, 0.3) is 5.70 Å². The van der Waals surface area contributed by atoms with E-state index in [2.05, 4.69) is 10.6 Å². The zero-order valence-electron chi connectivity index (χ0n) is 16.3. The van der Waals surface area contributed by atoms with Gasteiger partial charge < -0.3 is 15.7 Å². The predicted octanol–water partition coefficient (Wildman–Crippen LogP) is 2.19. The molecule has 0 atom stereocenters. The van der Waals surface area contributed by atoms with Crippen LogP contribution >= 0.6 is 0 Å². The van der Waals surface area contributed by atoms with Crippen molar-refractivity contribution in [3.05, 3.63) is 71.8 Å². The molecule has 0 fully saturated rings. The number of aromatic hydroxyl groups is 1. The molecule has 2 aromatic rings. The Morgan fingerprint density at radius 1 is 0.966 bits per heavy atom. The minimum absolute atomic E-state index is 0.0142. The fraction of sp³-hybridized carbons (Fsp3) is 0.200. The van der Waals surface area contributed by atoms with Crippen LogP contribution < -0.4 is 10.6 Å². The van der Waals surface area contributed by atoms with Gasteiger partial charge in [0.25, 0.3) is 16.0 Å². The van der Waals surface area contributed by atoms with Crippen molar-refractivity contribution < 1.29 is 27.7 Å². The minimum atomic E-state index is -3.67. The second-order valence-electron chi connectivity index (χ2n) is 6.32. The van der Waals surface area contributed by atoms with Crippen molar-refractivity contribution in [3.63, 3.8) is 0 Å². The maximum absolute atomic E-state index is 12.4. The molecule has 29 heavy (non-hydrogen) atoms. The van der Waals surface area contributed by atoms with E-state index in [-0.39, 0.29) is 23.6 Å². The second kappa shape index (κ2) is 11.0. The highest BCUT2D eigenvalue weighted by Gasteiger charge is 2.11. The Bertz CT molecular complexity index is 944. The van der Waals surface area contributed by atoms with Crippen LogP contribution in [-0.2, 0) is 14.9 Å². The van der Waals surface area contributed by atoms with E-state index in [4.69, 9.17) is 4.55 Å². The van der Waals surface area contributed by atoms with Crippen LogP contribution in [0.2, 0.25) is 0 Å². The number of carbonyl (C=O) groups is 2. The van der Waals surface area contributed by atoms with Crippen molar-refractivity contribution in [1.82, 2.24) is 10.6 Å². The molecule has 2 rings (SSSR count). The highest BCUT2D eigenvalue weighted by molar-refractivity contribution is 7.85. The summed E-state index contributed by atoms with van der Waals surface area (Å²) in [5.74, 6) is -0.507. The van der Waals surface area contributed by atoms with Crippen molar-refractivity contribution in [2.45, 2.75) is 19.9 Å². The first-order valence-electron chi connectivity index (χ1n) is 8.56. The highest BCUT2D eigenvalue weighted by atomic mass is 32.2. The smallest absolute Gasteiger partial charge is 0.261 e. The molecule has 0 aliphatic heterocycles. The summed E-state index contributed by atoms with van der Waals surface area (Å²) in [5, 5.41) is 14.9. The van der Waals surface area contributed by atoms with Gasteiger partial charge in [0.1, 0.15) is 5.75 Å². The molecule has 2 amide bonds. The van der Waals surface area contributed by atoms with E-state index >= 15 is 0 Å². The molecule has 0 aliphatic carbocycles. The minimum Gasteiger partial charge on any atom is -0.508 e. The fourth-order valence-electron chi connectivity index (χ4n) is 2.07. The topological polar surface area (TPSA) is 133 Å². The standard InChI is InChI=1S/C19H20N2O3.CH4O3S/c1-13(2)20-18(23)12-17(14-8-10-16(22)11-9-14)21-19(24)15-6-4-3-5-7-15;1-5(2,3)4/h3-13,22H,1-2H3,(H,20,23)(H,21,24);1H3,(H,2,3,4). The van der Waals surface area contributed by atoms with Crippen molar-refractivity contribution in [1.29, 1.82) is 0 Å². The van der Waals surface area contributed by atoms with Crippen LogP contribution in [0.15, 0.2) is 60.7 Å². The van der Waals surface area contributed by atoms with Crippen molar-refractivity contribution in [3.8, 4) is 5.75 Å². The van der Waals surface area contributed by atoms with Gasteiger partial charge in [-0.15, -0.1) is 0 Å². The maximum Gasteiger partial charge on any atom is 0.261 e. The third kappa shape index (κ3) is 10.7. The lowest BCUT2D eigenvalue weighted by atomic mass is 10.1. The molecule has 0 unspecified atom stereocenters. The SMILES string of the molecule is CC(C)NC(=O)C=C(NC(=O)c1ccccc1)c1ccc(O)cc1.CS(=O)(=O)O. The summed E-state index contributed by atoms with van der Waals surface area (Å²) in [6.07, 6.45) is 2.06. The molecule has 0 spiro atoms. The summed E-state index contributed by atoms with van der Waals surface area (Å²) < 4.78 is 25.9. The third-order valence-corrected chi connectivity index (χ3v) is 3.17. The van der Waals surface area contributed by atoms with Gasteiger partial charge in [0.05, 0.1) is 12.0 Å². The molecule has 0 radical (unpaired) electrons. The number of rotatable bonds is 5. The molecule has 156 valence electrons. The molecular formula is C20H24N2O6S. The van der Waals surface area contributed by atoms with E-state index < -0.39 is 10.1 Å². The van der Waals surface area contributed by atoms with Crippen LogP contribution in [0.5, 0.6) is 5.75 Å². The van der Waals surface area contributed by atoms with E-state index in [9.17, 15) is 23.1 Å². The lowest BCUT2D eigenvalue weighted by Gasteiger charge is -2.12. The molecule has 0 heterocycles. The van der Waals surface area contributed by atoms with Crippen LogP contribution in [0.4, 0.5) is 0 Å². The van der Waals surface area contributed by atoms with Gasteiger partial charge in [0.15, 0.2) is 0 Å². The summed E-state index contributed by atoms with van der Waals surface area (Å²) >= 11 is 0. The molecule has 4 N–H and O–H groups in total. The van der Waals surface area contributed by atoms with E-state index in [1.807, 2.05) is 19.9 Å². The van der Waals surface area contributed by atoms with Gasteiger partial charge in [0.2, 0.25) is 5.91 Å². The quantitative estimate of drug-likeness (QED) is 0.433. The number of hydrogen-bond acceptors (Lipinski definition) is 5. The lowest BCUT2D eigenvalue weighted by Crippen LogP contribution is -2.30. The van der Waals surface area contributed by atoms with E-state index in [1.54, 1.807) is 36.4 Å². The Hall–Kier alpha value is -3.17. The van der Waals surface area contributed by atoms with Crippen LogP contribution in [0.3, 0.4) is 0 Å². The molecule has 9 heteroatoms. The number of phenols is 1. The first kappa shape index (κ1) is 23.9. The molecule has 0 aromatic heterocycles. The summed E-state index contributed by atoms with van der Waals surface area (Å²) in [6.45, 7) is 3.71. The van der Waals surface area contributed by atoms with Crippen molar-refractivity contribution in [2.75, 3.05) is 6.26 Å². The van der Waals surface area contributed by atoms with Crippen LogP contribution in [0.1, 0.15) is 29.8 Å². The molecule has 8 nitrogen and oxygen atoms in total. The molecule has 0 aliphatic rings. The zero-order chi connectivity index (χ0) is 22.0. The fourth-order valence-corrected chi connectivity index (χ4v) is 2.07. The Morgan fingerprint density at radius 3 is 1.97 bits per heavy atom. The van der Waals surface area contributed by atoms with E-state index in [0.717, 1.165) is 0 Å². The van der Waals surface area contributed by atoms with Crippen molar-refractivity contribution >= 4 is 27.6 Å². The Labute approximate surface area is 170 Å². The van der Waals surface area contributed by atoms with Gasteiger partial charge in [-0.2, -0.15) is 8.42 Å². The Balaban J connectivity index is 0.000000749.